The predicted octanol–water partition coefficient (Wildman–Crippen LogP) is 2.04. The van der Waals surface area contributed by atoms with Gasteiger partial charge in [0, 0.05) is 12.1 Å². The Labute approximate surface area is 91.3 Å². The predicted molar refractivity (Wildman–Crippen MR) is 62.4 cm³/mol. The number of nitrogens with zero attached hydrogens (tertiary/aromatic N) is 2. The fraction of sp³-hybridized carbons (Fsp3) is 0.583. The zero-order chi connectivity index (χ0) is 10.9. The molecule has 2 rings (SSSR count). The van der Waals surface area contributed by atoms with Gasteiger partial charge in [0.15, 0.2) is 0 Å². The van der Waals surface area contributed by atoms with Crippen molar-refractivity contribution in [2.24, 2.45) is 0 Å². The number of pyridine rings is 1. The molecule has 1 aromatic rings. The first-order valence-corrected chi connectivity index (χ1v) is 5.53. The number of nitrogen functional groups attached to an aromatic ring is 1. The van der Waals surface area contributed by atoms with E-state index in [0.29, 0.717) is 5.54 Å². The van der Waals surface area contributed by atoms with E-state index in [1.54, 1.807) is 6.20 Å². The first-order chi connectivity index (χ1) is 7.08. The highest BCUT2D eigenvalue weighted by molar-refractivity contribution is 5.34. The Bertz CT molecular complexity index is 329. The summed E-state index contributed by atoms with van der Waals surface area (Å²) in [6.07, 6.45) is 4.31. The minimum atomic E-state index is 0.322. The van der Waals surface area contributed by atoms with Crippen LogP contribution in [0.2, 0.25) is 0 Å². The van der Waals surface area contributed by atoms with Crippen molar-refractivity contribution >= 4 is 5.69 Å². The molecule has 15 heavy (non-hydrogen) atoms. The maximum Gasteiger partial charge on any atom is 0.0545 e. The van der Waals surface area contributed by atoms with Gasteiger partial charge in [0.25, 0.3) is 0 Å². The van der Waals surface area contributed by atoms with E-state index < -0.39 is 0 Å². The summed E-state index contributed by atoms with van der Waals surface area (Å²) < 4.78 is 0. The van der Waals surface area contributed by atoms with Crippen molar-refractivity contribution in [2.45, 2.75) is 38.8 Å². The van der Waals surface area contributed by atoms with Gasteiger partial charge in [0.05, 0.1) is 17.6 Å². The molecular formula is C12H19N3. The normalized spacial score (nSPS) is 20.7. The minimum absolute atomic E-state index is 0.322. The second-order valence-corrected chi connectivity index (χ2v) is 4.92. The van der Waals surface area contributed by atoms with Crippen LogP contribution in [0.25, 0.3) is 0 Å². The van der Waals surface area contributed by atoms with Crippen molar-refractivity contribution in [3.63, 3.8) is 0 Å². The Morgan fingerprint density at radius 1 is 1.47 bits per heavy atom. The molecule has 0 amide bonds. The first-order valence-electron chi connectivity index (χ1n) is 5.53. The topological polar surface area (TPSA) is 42.1 Å². The van der Waals surface area contributed by atoms with Gasteiger partial charge in [-0.15, -0.1) is 0 Å². The Kier molecular flexibility index (Phi) is 2.65. The molecule has 2 heterocycles. The zero-order valence-corrected chi connectivity index (χ0v) is 9.53. The number of nitrogens with two attached hydrogens (primary N) is 1. The number of hydrogen-bond acceptors (Lipinski definition) is 3. The molecule has 3 heteroatoms. The zero-order valence-electron chi connectivity index (χ0n) is 9.53. The van der Waals surface area contributed by atoms with Gasteiger partial charge in [-0.05, 0) is 45.4 Å². The number of likely N-dealkylation sites (tertiary alicyclic amines) is 1. The maximum absolute atomic E-state index is 5.61. The van der Waals surface area contributed by atoms with E-state index in [0.717, 1.165) is 17.9 Å². The molecule has 3 nitrogen and oxygen atoms in total. The molecule has 1 aliphatic rings. The Morgan fingerprint density at radius 2 is 2.27 bits per heavy atom. The van der Waals surface area contributed by atoms with Crippen molar-refractivity contribution in [3.05, 3.63) is 24.0 Å². The summed E-state index contributed by atoms with van der Waals surface area (Å²) in [5.41, 5.74) is 7.78. The van der Waals surface area contributed by atoms with E-state index in [1.807, 2.05) is 12.1 Å². The van der Waals surface area contributed by atoms with E-state index in [1.165, 1.54) is 19.4 Å². The third-order valence-corrected chi connectivity index (χ3v) is 3.27. The fourth-order valence-electron chi connectivity index (χ4n) is 2.18. The van der Waals surface area contributed by atoms with Gasteiger partial charge in [-0.25, -0.2) is 0 Å². The third kappa shape index (κ3) is 2.29. The van der Waals surface area contributed by atoms with Gasteiger partial charge in [0.2, 0.25) is 0 Å². The van der Waals surface area contributed by atoms with Gasteiger partial charge in [-0.1, -0.05) is 0 Å². The van der Waals surface area contributed by atoms with Crippen molar-refractivity contribution in [3.8, 4) is 0 Å². The van der Waals surface area contributed by atoms with Crippen molar-refractivity contribution in [2.75, 3.05) is 12.3 Å². The van der Waals surface area contributed by atoms with E-state index in [4.69, 9.17) is 5.73 Å². The van der Waals surface area contributed by atoms with E-state index in [2.05, 4.69) is 23.7 Å². The number of aromatic nitrogens is 1. The summed E-state index contributed by atoms with van der Waals surface area (Å²) in [5, 5.41) is 0. The lowest BCUT2D eigenvalue weighted by Gasteiger charge is -2.31. The summed E-state index contributed by atoms with van der Waals surface area (Å²) in [5.74, 6) is 0. The molecule has 1 saturated heterocycles. The van der Waals surface area contributed by atoms with Crippen LogP contribution in [-0.2, 0) is 6.54 Å². The molecule has 0 spiro atoms. The molecule has 0 aliphatic carbocycles. The van der Waals surface area contributed by atoms with Crippen LogP contribution in [-0.4, -0.2) is 22.0 Å². The molecule has 0 radical (unpaired) electrons. The summed E-state index contributed by atoms with van der Waals surface area (Å²) in [6, 6.07) is 3.94. The molecule has 0 aromatic carbocycles. The number of hydrogen-bond donors (Lipinski definition) is 1. The van der Waals surface area contributed by atoms with Crippen LogP contribution in [0.1, 0.15) is 32.4 Å². The molecule has 1 aliphatic heterocycles. The first kappa shape index (κ1) is 10.4. The standard InChI is InChI=1S/C12H19N3/c1-12(2)6-3-7-15(12)9-11-5-4-10(13)8-14-11/h4-5,8H,3,6-7,9,13H2,1-2H3. The molecule has 0 unspecified atom stereocenters. The maximum atomic E-state index is 5.61. The Balaban J connectivity index is 2.06. The number of anilines is 1. The minimum Gasteiger partial charge on any atom is -0.397 e. The average molecular weight is 205 g/mol. The van der Waals surface area contributed by atoms with Crippen LogP contribution in [0.15, 0.2) is 18.3 Å². The Morgan fingerprint density at radius 3 is 2.80 bits per heavy atom. The Hall–Kier alpha value is -1.09. The highest BCUT2D eigenvalue weighted by Gasteiger charge is 2.31. The van der Waals surface area contributed by atoms with E-state index >= 15 is 0 Å². The molecule has 0 saturated carbocycles. The second kappa shape index (κ2) is 3.81. The molecule has 82 valence electrons. The quantitative estimate of drug-likeness (QED) is 0.803. The molecule has 1 aromatic heterocycles. The van der Waals surface area contributed by atoms with E-state index in [-0.39, 0.29) is 0 Å². The summed E-state index contributed by atoms with van der Waals surface area (Å²) in [7, 11) is 0. The van der Waals surface area contributed by atoms with Crippen LogP contribution in [0.4, 0.5) is 5.69 Å². The van der Waals surface area contributed by atoms with Crippen LogP contribution in [0.5, 0.6) is 0 Å². The van der Waals surface area contributed by atoms with Gasteiger partial charge in [0.1, 0.15) is 0 Å². The smallest absolute Gasteiger partial charge is 0.0545 e. The SMILES string of the molecule is CC1(C)CCCN1Cc1ccc(N)cn1. The van der Waals surface area contributed by atoms with Gasteiger partial charge >= 0.3 is 0 Å². The van der Waals surface area contributed by atoms with Gasteiger partial charge in [-0.3, -0.25) is 9.88 Å². The van der Waals surface area contributed by atoms with Crippen molar-refractivity contribution in [1.82, 2.24) is 9.88 Å². The summed E-state index contributed by atoms with van der Waals surface area (Å²) >= 11 is 0. The third-order valence-electron chi connectivity index (χ3n) is 3.27. The van der Waals surface area contributed by atoms with Crippen LogP contribution in [0.3, 0.4) is 0 Å². The molecule has 1 fully saturated rings. The lowest BCUT2D eigenvalue weighted by atomic mass is 10.0. The highest BCUT2D eigenvalue weighted by atomic mass is 15.2. The molecular weight excluding hydrogens is 186 g/mol. The fourth-order valence-corrected chi connectivity index (χ4v) is 2.18. The van der Waals surface area contributed by atoms with Crippen LogP contribution in [0, 0.1) is 0 Å². The highest BCUT2D eigenvalue weighted by Crippen LogP contribution is 2.29. The monoisotopic (exact) mass is 205 g/mol. The largest absolute Gasteiger partial charge is 0.397 e. The summed E-state index contributed by atoms with van der Waals surface area (Å²) in [4.78, 5) is 6.83. The average Bonchev–Trinajstić information content (AvgIpc) is 2.50. The van der Waals surface area contributed by atoms with Crippen molar-refractivity contribution < 1.29 is 0 Å². The van der Waals surface area contributed by atoms with Gasteiger partial charge < -0.3 is 5.73 Å². The van der Waals surface area contributed by atoms with Crippen LogP contribution < -0.4 is 5.73 Å². The lowest BCUT2D eigenvalue weighted by Crippen LogP contribution is -2.37. The number of rotatable bonds is 2. The van der Waals surface area contributed by atoms with Gasteiger partial charge in [-0.2, -0.15) is 0 Å². The van der Waals surface area contributed by atoms with Crippen molar-refractivity contribution in [1.29, 1.82) is 0 Å². The summed E-state index contributed by atoms with van der Waals surface area (Å²) in [6.45, 7) is 6.72. The lowest BCUT2D eigenvalue weighted by molar-refractivity contribution is 0.164. The van der Waals surface area contributed by atoms with Crippen LogP contribution >= 0.6 is 0 Å². The molecule has 0 atom stereocenters. The van der Waals surface area contributed by atoms with E-state index in [9.17, 15) is 0 Å². The molecule has 0 bridgehead atoms. The second-order valence-electron chi connectivity index (χ2n) is 4.92. The molecule has 2 N–H and O–H groups in total.